The average Bonchev–Trinajstić information content (AvgIpc) is 2.66. The molecule has 0 fully saturated rings. The molecule has 4 nitrogen and oxygen atoms in total. The molecular weight excluding hydrogens is 374 g/mol. The van der Waals surface area contributed by atoms with Crippen LogP contribution in [-0.4, -0.2) is 18.3 Å². The Labute approximate surface area is 172 Å². The van der Waals surface area contributed by atoms with Gasteiger partial charge in [0.2, 0.25) is 0 Å². The van der Waals surface area contributed by atoms with Gasteiger partial charge in [0.05, 0.1) is 5.56 Å². The molecule has 0 spiro atoms. The highest BCUT2D eigenvalue weighted by atomic mass is 35.5. The van der Waals surface area contributed by atoms with E-state index in [0.717, 1.165) is 16.8 Å². The molecule has 0 aliphatic heterocycles. The number of Topliss-reactive ketones (excluding diaryl/α,β-unsaturated/α-hetero) is 1. The van der Waals surface area contributed by atoms with E-state index in [9.17, 15) is 9.59 Å². The molecule has 0 aliphatic rings. The van der Waals surface area contributed by atoms with Gasteiger partial charge in [-0.25, -0.2) is 0 Å². The predicted octanol–water partition coefficient (Wildman–Crippen LogP) is 6.20. The van der Waals surface area contributed by atoms with E-state index in [1.165, 1.54) is 0 Å². The average molecular weight is 402 g/mol. The summed E-state index contributed by atoms with van der Waals surface area (Å²) < 4.78 is 5.66. The minimum Gasteiger partial charge on any atom is -0.483 e. The van der Waals surface area contributed by atoms with Gasteiger partial charge in [-0.2, -0.15) is 0 Å². The topological polar surface area (TPSA) is 55.4 Å². The Morgan fingerprint density at radius 3 is 2.18 bits per heavy atom. The summed E-state index contributed by atoms with van der Waals surface area (Å²) in [6.45, 7) is 9.99. The molecule has 0 radical (unpaired) electrons. The van der Waals surface area contributed by atoms with Gasteiger partial charge in [-0.05, 0) is 41.2 Å². The lowest BCUT2D eigenvalue weighted by Crippen LogP contribution is -2.22. The Kier molecular flexibility index (Phi) is 7.64. The van der Waals surface area contributed by atoms with E-state index < -0.39 is 0 Å². The van der Waals surface area contributed by atoms with Gasteiger partial charge in [-0.15, -0.1) is 0 Å². The number of amides is 1. The van der Waals surface area contributed by atoms with Gasteiger partial charge >= 0.3 is 0 Å². The minimum atomic E-state index is -0.264. The molecule has 0 heterocycles. The van der Waals surface area contributed by atoms with Crippen molar-refractivity contribution in [1.29, 1.82) is 0 Å². The number of anilines is 1. The summed E-state index contributed by atoms with van der Waals surface area (Å²) in [5.41, 5.74) is 3.43. The molecule has 0 aliphatic carbocycles. The standard InChI is InChI=1S/C23H28ClNO3/c1-6-20(26)19-12-16(24)10-11-21(19)28-13-22(27)25-23-17(14(2)3)8-7-9-18(23)15(4)5/h7-12,14-15H,6,13H2,1-5H3,(H,25,27). The molecule has 1 amide bonds. The molecular formula is C23H28ClNO3. The molecule has 5 heteroatoms. The van der Waals surface area contributed by atoms with E-state index in [1.807, 2.05) is 18.2 Å². The first kappa shape index (κ1) is 22.0. The number of carbonyl (C=O) groups is 2. The smallest absolute Gasteiger partial charge is 0.262 e. The van der Waals surface area contributed by atoms with Crippen LogP contribution in [0.25, 0.3) is 0 Å². The quantitative estimate of drug-likeness (QED) is 0.536. The maximum absolute atomic E-state index is 12.6. The predicted molar refractivity (Wildman–Crippen MR) is 115 cm³/mol. The summed E-state index contributed by atoms with van der Waals surface area (Å²) >= 11 is 5.99. The maximum atomic E-state index is 12.6. The molecule has 0 aromatic heterocycles. The second-order valence-corrected chi connectivity index (χ2v) is 7.81. The van der Waals surface area contributed by atoms with Gasteiger partial charge < -0.3 is 10.1 Å². The Bertz CT molecular complexity index is 833. The third-order valence-electron chi connectivity index (χ3n) is 4.56. The van der Waals surface area contributed by atoms with E-state index in [2.05, 4.69) is 33.0 Å². The highest BCUT2D eigenvalue weighted by Gasteiger charge is 2.17. The first-order valence-electron chi connectivity index (χ1n) is 9.62. The number of benzene rings is 2. The number of ether oxygens (including phenoxy) is 1. The fraction of sp³-hybridized carbons (Fsp3) is 0.391. The molecule has 150 valence electrons. The van der Waals surface area contributed by atoms with Crippen molar-refractivity contribution in [3.05, 3.63) is 58.1 Å². The summed E-state index contributed by atoms with van der Waals surface area (Å²) in [5.74, 6) is 0.581. The zero-order valence-electron chi connectivity index (χ0n) is 17.1. The maximum Gasteiger partial charge on any atom is 0.262 e. The number of ketones is 1. The van der Waals surface area contributed by atoms with Gasteiger partial charge in [0, 0.05) is 17.1 Å². The van der Waals surface area contributed by atoms with E-state index in [0.29, 0.717) is 22.8 Å². The highest BCUT2D eigenvalue weighted by Crippen LogP contribution is 2.32. The molecule has 0 bridgehead atoms. The SMILES string of the molecule is CCC(=O)c1cc(Cl)ccc1OCC(=O)Nc1c(C(C)C)cccc1C(C)C. The van der Waals surface area contributed by atoms with Crippen molar-refractivity contribution in [2.24, 2.45) is 0 Å². The minimum absolute atomic E-state index is 0.0786. The lowest BCUT2D eigenvalue weighted by molar-refractivity contribution is -0.118. The Morgan fingerprint density at radius 1 is 1.04 bits per heavy atom. The van der Waals surface area contributed by atoms with Gasteiger partial charge in [0.1, 0.15) is 5.75 Å². The molecule has 28 heavy (non-hydrogen) atoms. The van der Waals surface area contributed by atoms with Crippen LogP contribution in [0, 0.1) is 0 Å². The van der Waals surface area contributed by atoms with Crippen LogP contribution in [0.4, 0.5) is 5.69 Å². The van der Waals surface area contributed by atoms with Crippen molar-refractivity contribution in [2.45, 2.75) is 52.9 Å². The van der Waals surface area contributed by atoms with Crippen LogP contribution in [0.5, 0.6) is 5.75 Å². The van der Waals surface area contributed by atoms with Crippen molar-refractivity contribution < 1.29 is 14.3 Å². The van der Waals surface area contributed by atoms with Crippen LogP contribution < -0.4 is 10.1 Å². The normalized spacial score (nSPS) is 11.0. The van der Waals surface area contributed by atoms with Crippen molar-refractivity contribution in [3.8, 4) is 5.75 Å². The zero-order chi connectivity index (χ0) is 20.8. The molecule has 2 aromatic rings. The Morgan fingerprint density at radius 2 is 1.64 bits per heavy atom. The number of nitrogens with one attached hydrogen (secondary N) is 1. The van der Waals surface area contributed by atoms with Crippen molar-refractivity contribution in [1.82, 2.24) is 0 Å². The van der Waals surface area contributed by atoms with Gasteiger partial charge in [0.25, 0.3) is 5.91 Å². The molecule has 0 saturated heterocycles. The van der Waals surface area contributed by atoms with E-state index in [1.54, 1.807) is 25.1 Å². The third-order valence-corrected chi connectivity index (χ3v) is 4.79. The third kappa shape index (κ3) is 5.35. The monoisotopic (exact) mass is 401 g/mol. The number of para-hydroxylation sites is 1. The number of halogens is 1. The largest absolute Gasteiger partial charge is 0.483 e. The fourth-order valence-electron chi connectivity index (χ4n) is 3.05. The molecule has 0 atom stereocenters. The molecule has 0 saturated carbocycles. The van der Waals surface area contributed by atoms with Crippen LogP contribution >= 0.6 is 11.6 Å². The van der Waals surface area contributed by atoms with Crippen LogP contribution in [0.3, 0.4) is 0 Å². The summed E-state index contributed by atoms with van der Waals surface area (Å²) in [5, 5.41) is 3.47. The van der Waals surface area contributed by atoms with Crippen molar-refractivity contribution in [2.75, 3.05) is 11.9 Å². The second kappa shape index (κ2) is 9.74. The number of rotatable bonds is 8. The number of hydrogen-bond donors (Lipinski definition) is 1. The van der Waals surface area contributed by atoms with E-state index in [-0.39, 0.29) is 30.1 Å². The first-order chi connectivity index (χ1) is 13.2. The zero-order valence-corrected chi connectivity index (χ0v) is 17.9. The molecule has 2 rings (SSSR count). The second-order valence-electron chi connectivity index (χ2n) is 7.37. The van der Waals surface area contributed by atoms with Crippen molar-refractivity contribution >= 4 is 29.0 Å². The lowest BCUT2D eigenvalue weighted by Gasteiger charge is -2.20. The van der Waals surface area contributed by atoms with Crippen molar-refractivity contribution in [3.63, 3.8) is 0 Å². The van der Waals surface area contributed by atoms with Gasteiger partial charge in [0.15, 0.2) is 12.4 Å². The Balaban J connectivity index is 2.20. The van der Waals surface area contributed by atoms with Crippen LogP contribution in [0.15, 0.2) is 36.4 Å². The highest BCUT2D eigenvalue weighted by molar-refractivity contribution is 6.31. The summed E-state index contributed by atoms with van der Waals surface area (Å²) in [7, 11) is 0. The summed E-state index contributed by atoms with van der Waals surface area (Å²) in [6, 6.07) is 10.9. The lowest BCUT2D eigenvalue weighted by atomic mass is 9.92. The number of carbonyl (C=O) groups excluding carboxylic acids is 2. The van der Waals surface area contributed by atoms with Crippen LogP contribution in [0.1, 0.15) is 74.4 Å². The van der Waals surface area contributed by atoms with Gasteiger partial charge in [-0.3, -0.25) is 9.59 Å². The molecule has 0 unspecified atom stereocenters. The van der Waals surface area contributed by atoms with Crippen LogP contribution in [0.2, 0.25) is 5.02 Å². The first-order valence-corrected chi connectivity index (χ1v) is 10.0. The summed E-state index contributed by atoms with van der Waals surface area (Å²) in [6.07, 6.45) is 0.336. The van der Waals surface area contributed by atoms with Gasteiger partial charge in [-0.1, -0.05) is 64.4 Å². The summed E-state index contributed by atoms with van der Waals surface area (Å²) in [4.78, 5) is 24.7. The fourth-order valence-corrected chi connectivity index (χ4v) is 3.22. The molecule has 2 aromatic carbocycles. The Hall–Kier alpha value is -2.33. The molecule has 1 N–H and O–H groups in total. The number of hydrogen-bond acceptors (Lipinski definition) is 3. The van der Waals surface area contributed by atoms with Crippen LogP contribution in [-0.2, 0) is 4.79 Å². The van der Waals surface area contributed by atoms with E-state index in [4.69, 9.17) is 16.3 Å². The van der Waals surface area contributed by atoms with E-state index >= 15 is 0 Å².